The van der Waals surface area contributed by atoms with Crippen LogP contribution in [0.15, 0.2) is 56.7 Å². The maximum atomic E-state index is 13.5. The lowest BCUT2D eigenvalue weighted by molar-refractivity contribution is -0.0164. The number of aromatic nitrogens is 3. The number of rotatable bonds is 2. The van der Waals surface area contributed by atoms with E-state index in [1.807, 2.05) is 37.3 Å². The lowest BCUT2D eigenvalue weighted by Gasteiger charge is -2.38. The van der Waals surface area contributed by atoms with E-state index >= 15 is 0 Å². The van der Waals surface area contributed by atoms with Crippen LogP contribution in [0.2, 0.25) is 0 Å². The molecule has 1 aliphatic heterocycles. The molecule has 1 atom stereocenters. The van der Waals surface area contributed by atoms with Gasteiger partial charge in [-0.25, -0.2) is 4.79 Å². The Labute approximate surface area is 179 Å². The highest BCUT2D eigenvalue weighted by Gasteiger charge is 2.41. The molecule has 0 spiro atoms. The Kier molecular flexibility index (Phi) is 4.17. The van der Waals surface area contributed by atoms with Crippen molar-refractivity contribution in [1.82, 2.24) is 13.7 Å². The van der Waals surface area contributed by atoms with Crippen LogP contribution in [0, 0.1) is 6.92 Å². The molecule has 0 radical (unpaired) electrons. The van der Waals surface area contributed by atoms with Gasteiger partial charge in [-0.1, -0.05) is 23.8 Å². The van der Waals surface area contributed by atoms with Crippen LogP contribution in [0.25, 0.3) is 22.2 Å². The number of benzene rings is 1. The molecule has 7 nitrogen and oxygen atoms in total. The van der Waals surface area contributed by atoms with Gasteiger partial charge in [-0.05, 0) is 44.5 Å². The Hall–Kier alpha value is -3.32. The molecule has 1 aliphatic rings. The average Bonchev–Trinajstić information content (AvgIpc) is 3.38. The molecule has 0 unspecified atom stereocenters. The highest BCUT2D eigenvalue weighted by Crippen LogP contribution is 2.45. The van der Waals surface area contributed by atoms with Crippen molar-refractivity contribution in [2.24, 2.45) is 14.1 Å². The minimum Gasteiger partial charge on any atom is -0.466 e. The zero-order valence-corrected chi connectivity index (χ0v) is 18.3. The fourth-order valence-corrected chi connectivity index (χ4v) is 4.72. The van der Waals surface area contributed by atoms with Gasteiger partial charge < -0.3 is 13.7 Å². The van der Waals surface area contributed by atoms with Gasteiger partial charge in [0.15, 0.2) is 6.10 Å². The minimum absolute atomic E-state index is 0.314. The fourth-order valence-electron chi connectivity index (χ4n) is 4.72. The first-order valence-electron chi connectivity index (χ1n) is 10.3. The van der Waals surface area contributed by atoms with Gasteiger partial charge in [0.2, 0.25) is 0 Å². The highest BCUT2D eigenvalue weighted by atomic mass is 16.5. The molecule has 31 heavy (non-hydrogen) atoms. The summed E-state index contributed by atoms with van der Waals surface area (Å²) >= 11 is 0. The molecule has 5 rings (SSSR count). The molecule has 3 aromatic heterocycles. The van der Waals surface area contributed by atoms with Crippen molar-refractivity contribution in [2.75, 3.05) is 6.61 Å². The van der Waals surface area contributed by atoms with Crippen molar-refractivity contribution in [2.45, 2.75) is 32.4 Å². The molecule has 0 saturated heterocycles. The van der Waals surface area contributed by atoms with Crippen LogP contribution >= 0.6 is 0 Å². The lowest BCUT2D eigenvalue weighted by Crippen LogP contribution is -2.40. The van der Waals surface area contributed by atoms with Crippen molar-refractivity contribution in [1.29, 1.82) is 0 Å². The van der Waals surface area contributed by atoms with E-state index in [9.17, 15) is 9.59 Å². The third-order valence-electron chi connectivity index (χ3n) is 6.16. The Morgan fingerprint density at radius 1 is 1.06 bits per heavy atom. The molecule has 160 valence electrons. The second kappa shape index (κ2) is 6.59. The maximum absolute atomic E-state index is 13.5. The van der Waals surface area contributed by atoms with Gasteiger partial charge in [0.1, 0.15) is 5.76 Å². The standard InChI is InChI=1S/C24H25N3O4/c1-14-8-6-9-15(12-14)18-17-19(25(4)23(29)26(5)22(17)28)20-21(16-10-7-11-30-16)31-13-24(2,3)27(18)20/h6-12,21H,13H2,1-5H3/t21-/m1/s1. The van der Waals surface area contributed by atoms with E-state index in [0.29, 0.717) is 23.3 Å². The Morgan fingerprint density at radius 3 is 2.52 bits per heavy atom. The molecule has 0 amide bonds. The number of aryl methyl sites for hydroxylation is 2. The number of furan rings is 1. The minimum atomic E-state index is -0.526. The summed E-state index contributed by atoms with van der Waals surface area (Å²) in [5, 5.41) is 0.514. The fraction of sp³-hybridized carbons (Fsp3) is 0.333. The van der Waals surface area contributed by atoms with Crippen LogP contribution < -0.4 is 11.2 Å². The molecule has 4 heterocycles. The zero-order chi connectivity index (χ0) is 22.1. The third-order valence-corrected chi connectivity index (χ3v) is 6.16. The topological polar surface area (TPSA) is 71.3 Å². The van der Waals surface area contributed by atoms with Gasteiger partial charge in [0.25, 0.3) is 5.56 Å². The lowest BCUT2D eigenvalue weighted by atomic mass is 10.00. The van der Waals surface area contributed by atoms with Gasteiger partial charge in [0.05, 0.1) is 40.7 Å². The quantitative estimate of drug-likeness (QED) is 0.499. The first-order chi connectivity index (χ1) is 14.7. The second-order valence-electron chi connectivity index (χ2n) is 8.89. The summed E-state index contributed by atoms with van der Waals surface area (Å²) in [5.74, 6) is 0.639. The van der Waals surface area contributed by atoms with Gasteiger partial charge >= 0.3 is 5.69 Å². The van der Waals surface area contributed by atoms with E-state index in [1.165, 1.54) is 11.6 Å². The average molecular weight is 419 g/mol. The van der Waals surface area contributed by atoms with Gasteiger partial charge in [-0.15, -0.1) is 0 Å². The van der Waals surface area contributed by atoms with Crippen LogP contribution in [0.3, 0.4) is 0 Å². The number of fused-ring (bicyclic) bond motifs is 3. The Bertz CT molecular complexity index is 1430. The zero-order valence-electron chi connectivity index (χ0n) is 18.3. The van der Waals surface area contributed by atoms with Crippen molar-refractivity contribution in [3.05, 3.63) is 80.5 Å². The van der Waals surface area contributed by atoms with Crippen LogP contribution in [0.4, 0.5) is 0 Å². The van der Waals surface area contributed by atoms with E-state index in [1.54, 1.807) is 17.9 Å². The highest BCUT2D eigenvalue weighted by molar-refractivity contribution is 5.96. The van der Waals surface area contributed by atoms with Crippen LogP contribution in [-0.2, 0) is 24.4 Å². The molecule has 0 fully saturated rings. The maximum Gasteiger partial charge on any atom is 0.331 e. The van der Waals surface area contributed by atoms with Crippen molar-refractivity contribution in [3.63, 3.8) is 0 Å². The molecule has 0 aliphatic carbocycles. The second-order valence-corrected chi connectivity index (χ2v) is 8.89. The smallest absolute Gasteiger partial charge is 0.331 e. The first kappa shape index (κ1) is 19.6. The monoisotopic (exact) mass is 419 g/mol. The van der Waals surface area contributed by atoms with Gasteiger partial charge in [-0.2, -0.15) is 0 Å². The van der Waals surface area contributed by atoms with Crippen LogP contribution in [0.1, 0.15) is 37.0 Å². The summed E-state index contributed by atoms with van der Waals surface area (Å²) in [6.07, 6.45) is 1.08. The summed E-state index contributed by atoms with van der Waals surface area (Å²) in [6.45, 7) is 6.62. The van der Waals surface area contributed by atoms with E-state index in [2.05, 4.69) is 24.5 Å². The predicted octanol–water partition coefficient (Wildman–Crippen LogP) is 3.46. The first-order valence-corrected chi connectivity index (χ1v) is 10.3. The molecule has 4 aromatic rings. The van der Waals surface area contributed by atoms with E-state index in [-0.39, 0.29) is 11.2 Å². The van der Waals surface area contributed by atoms with Crippen molar-refractivity contribution >= 4 is 10.9 Å². The number of hydrogen-bond donors (Lipinski definition) is 0. The predicted molar refractivity (Wildman–Crippen MR) is 118 cm³/mol. The van der Waals surface area contributed by atoms with E-state index < -0.39 is 11.6 Å². The summed E-state index contributed by atoms with van der Waals surface area (Å²) < 4.78 is 16.9. The Balaban J connectivity index is 2.05. The SMILES string of the molecule is Cc1cccc(-c2c3c(=O)n(C)c(=O)n(C)c3c3n2C(C)(C)CO[C@@H]3c2ccco2)c1. The van der Waals surface area contributed by atoms with Crippen molar-refractivity contribution in [3.8, 4) is 11.3 Å². The van der Waals surface area contributed by atoms with Gasteiger partial charge in [0, 0.05) is 14.1 Å². The molecular weight excluding hydrogens is 394 g/mol. The van der Waals surface area contributed by atoms with E-state index in [4.69, 9.17) is 9.15 Å². The number of ether oxygens (including phenoxy) is 1. The molecule has 0 N–H and O–H groups in total. The molecule has 7 heteroatoms. The largest absolute Gasteiger partial charge is 0.466 e. The molecule has 1 aromatic carbocycles. The van der Waals surface area contributed by atoms with Gasteiger partial charge in [-0.3, -0.25) is 13.9 Å². The summed E-state index contributed by atoms with van der Waals surface area (Å²) in [5.41, 5.74) is 3.03. The summed E-state index contributed by atoms with van der Waals surface area (Å²) in [7, 11) is 3.22. The third kappa shape index (κ3) is 2.69. The summed E-state index contributed by atoms with van der Waals surface area (Å²) in [4.78, 5) is 26.4. The molecule has 0 bridgehead atoms. The van der Waals surface area contributed by atoms with E-state index in [0.717, 1.165) is 22.5 Å². The molecule has 0 saturated carbocycles. The van der Waals surface area contributed by atoms with Crippen LogP contribution in [0.5, 0.6) is 0 Å². The van der Waals surface area contributed by atoms with Crippen molar-refractivity contribution < 1.29 is 9.15 Å². The normalized spacial score (nSPS) is 17.8. The number of nitrogens with zero attached hydrogens (tertiary/aromatic N) is 3. The Morgan fingerprint density at radius 2 is 1.84 bits per heavy atom. The molecular formula is C24H25N3O4. The summed E-state index contributed by atoms with van der Waals surface area (Å²) in [6, 6.07) is 11.8. The van der Waals surface area contributed by atoms with Crippen LogP contribution in [-0.4, -0.2) is 20.3 Å². The number of hydrogen-bond acceptors (Lipinski definition) is 4.